The summed E-state index contributed by atoms with van der Waals surface area (Å²) < 4.78 is 12.0. The predicted octanol–water partition coefficient (Wildman–Crippen LogP) is 2.27. The van der Waals surface area contributed by atoms with Gasteiger partial charge in [0.2, 0.25) is 0 Å². The van der Waals surface area contributed by atoms with E-state index < -0.39 is 5.97 Å². The second-order valence-electron chi connectivity index (χ2n) is 4.70. The van der Waals surface area contributed by atoms with E-state index in [1.165, 1.54) is 18.4 Å². The third-order valence-corrected chi connectivity index (χ3v) is 4.39. The van der Waals surface area contributed by atoms with Crippen LogP contribution in [0.2, 0.25) is 0 Å². The third kappa shape index (κ3) is 4.00. The zero-order valence-electron chi connectivity index (χ0n) is 13.4. The van der Waals surface area contributed by atoms with Crippen LogP contribution in [0.4, 0.5) is 5.69 Å². The maximum Gasteiger partial charge on any atom is 0.349 e. The number of carbonyl (C=O) groups is 1. The molecule has 1 N–H and O–H groups in total. The Balaban J connectivity index is 2.45. The van der Waals surface area contributed by atoms with Crippen LogP contribution < -0.4 is 9.54 Å². The molecule has 0 radical (unpaired) electrons. The van der Waals surface area contributed by atoms with E-state index in [4.69, 9.17) is 9.47 Å². The van der Waals surface area contributed by atoms with E-state index in [9.17, 15) is 9.90 Å². The highest BCUT2D eigenvalue weighted by atomic mass is 32.1. The molecule has 0 amide bonds. The van der Waals surface area contributed by atoms with Crippen molar-refractivity contribution in [2.24, 2.45) is 4.99 Å². The average molecular weight is 336 g/mol. The third-order valence-electron chi connectivity index (χ3n) is 3.22. The van der Waals surface area contributed by atoms with Crippen molar-refractivity contribution in [3.8, 4) is 5.75 Å². The number of thiazole rings is 1. The average Bonchev–Trinajstić information content (AvgIpc) is 2.86. The fraction of sp³-hybridized carbons (Fsp3) is 0.375. The zero-order chi connectivity index (χ0) is 16.8. The molecule has 0 aliphatic heterocycles. The van der Waals surface area contributed by atoms with Crippen molar-refractivity contribution in [2.45, 2.75) is 20.4 Å². The lowest BCUT2D eigenvalue weighted by Crippen LogP contribution is -2.18. The van der Waals surface area contributed by atoms with E-state index in [2.05, 4.69) is 4.99 Å². The first kappa shape index (κ1) is 17.2. The molecule has 0 spiro atoms. The molecule has 6 nitrogen and oxygen atoms in total. The van der Waals surface area contributed by atoms with Gasteiger partial charge in [0, 0.05) is 12.2 Å². The fourth-order valence-corrected chi connectivity index (χ4v) is 3.21. The van der Waals surface area contributed by atoms with Crippen molar-refractivity contribution in [3.05, 3.63) is 39.6 Å². The van der Waals surface area contributed by atoms with E-state index in [1.54, 1.807) is 0 Å². The number of carbonyl (C=O) groups excluding carboxylic acids is 1. The molecule has 124 valence electrons. The number of benzene rings is 1. The summed E-state index contributed by atoms with van der Waals surface area (Å²) in [6.07, 6.45) is 0. The molecule has 2 rings (SSSR count). The lowest BCUT2D eigenvalue weighted by atomic mass is 10.3. The van der Waals surface area contributed by atoms with Crippen LogP contribution >= 0.6 is 11.3 Å². The first-order chi connectivity index (χ1) is 11.1. The molecule has 0 unspecified atom stereocenters. The number of methoxy groups -OCH3 is 1. The Labute approximate surface area is 138 Å². The van der Waals surface area contributed by atoms with Gasteiger partial charge in [-0.05, 0) is 38.1 Å². The summed E-state index contributed by atoms with van der Waals surface area (Å²) in [5, 5.41) is 9.24. The Morgan fingerprint density at radius 2 is 2.04 bits per heavy atom. The van der Waals surface area contributed by atoms with Crippen molar-refractivity contribution >= 4 is 23.0 Å². The molecule has 1 aromatic carbocycles. The molecular formula is C16H20N2O4S. The zero-order valence-corrected chi connectivity index (χ0v) is 14.2. The Morgan fingerprint density at radius 1 is 1.35 bits per heavy atom. The maximum atomic E-state index is 11.8. The van der Waals surface area contributed by atoms with Gasteiger partial charge in [0.05, 0.1) is 26.0 Å². The minimum absolute atomic E-state index is 0.0331. The molecule has 1 aromatic heterocycles. The molecule has 2 aromatic rings. The van der Waals surface area contributed by atoms with Crippen LogP contribution in [0.25, 0.3) is 0 Å². The van der Waals surface area contributed by atoms with Crippen molar-refractivity contribution < 1.29 is 19.4 Å². The van der Waals surface area contributed by atoms with Crippen molar-refractivity contribution in [1.29, 1.82) is 0 Å². The lowest BCUT2D eigenvalue weighted by Gasteiger charge is -2.04. The quantitative estimate of drug-likeness (QED) is 0.821. The van der Waals surface area contributed by atoms with Crippen LogP contribution in [0.5, 0.6) is 5.75 Å². The number of aliphatic hydroxyl groups is 1. The van der Waals surface area contributed by atoms with Gasteiger partial charge in [-0.15, -0.1) is 0 Å². The Kier molecular flexibility index (Phi) is 5.95. The van der Waals surface area contributed by atoms with E-state index >= 15 is 0 Å². The molecule has 7 heteroatoms. The largest absolute Gasteiger partial charge is 0.494 e. The van der Waals surface area contributed by atoms with Crippen LogP contribution in [-0.2, 0) is 11.3 Å². The van der Waals surface area contributed by atoms with Crippen LogP contribution in [0, 0.1) is 6.92 Å². The highest BCUT2D eigenvalue weighted by Gasteiger charge is 2.16. The number of hydrogen-bond acceptors (Lipinski definition) is 6. The topological polar surface area (TPSA) is 73.0 Å². The summed E-state index contributed by atoms with van der Waals surface area (Å²) in [4.78, 5) is 17.5. The summed E-state index contributed by atoms with van der Waals surface area (Å²) in [5.74, 6) is 0.389. The minimum Gasteiger partial charge on any atom is -0.494 e. The molecule has 0 aliphatic carbocycles. The summed E-state index contributed by atoms with van der Waals surface area (Å²) in [6.45, 7) is 4.69. The Hall–Kier alpha value is -2.12. The molecule has 1 heterocycles. The van der Waals surface area contributed by atoms with Gasteiger partial charge < -0.3 is 19.1 Å². The van der Waals surface area contributed by atoms with Gasteiger partial charge >= 0.3 is 5.97 Å². The molecular weight excluding hydrogens is 316 g/mol. The summed E-state index contributed by atoms with van der Waals surface area (Å²) in [7, 11) is 1.35. The summed E-state index contributed by atoms with van der Waals surface area (Å²) in [6, 6.07) is 7.39. The monoisotopic (exact) mass is 336 g/mol. The lowest BCUT2D eigenvalue weighted by molar-refractivity contribution is 0.0604. The summed E-state index contributed by atoms with van der Waals surface area (Å²) in [5.41, 5.74) is 1.48. The van der Waals surface area contributed by atoms with Crippen molar-refractivity contribution in [1.82, 2.24) is 4.57 Å². The van der Waals surface area contributed by atoms with Crippen LogP contribution in [0.15, 0.2) is 29.3 Å². The number of hydrogen-bond donors (Lipinski definition) is 1. The highest BCUT2D eigenvalue weighted by molar-refractivity contribution is 7.11. The van der Waals surface area contributed by atoms with Gasteiger partial charge in [-0.25, -0.2) is 9.79 Å². The minimum atomic E-state index is -0.396. The molecule has 0 saturated carbocycles. The van der Waals surface area contributed by atoms with E-state index in [-0.39, 0.29) is 6.61 Å². The van der Waals surface area contributed by atoms with Gasteiger partial charge in [-0.3, -0.25) is 0 Å². The van der Waals surface area contributed by atoms with E-state index in [0.717, 1.165) is 17.1 Å². The first-order valence-corrected chi connectivity index (χ1v) is 8.09. The van der Waals surface area contributed by atoms with Crippen molar-refractivity contribution in [2.75, 3.05) is 20.3 Å². The van der Waals surface area contributed by atoms with E-state index in [0.29, 0.717) is 22.8 Å². The molecule has 0 aliphatic rings. The first-order valence-electron chi connectivity index (χ1n) is 7.27. The van der Waals surface area contributed by atoms with Crippen LogP contribution in [-0.4, -0.2) is 36.0 Å². The Morgan fingerprint density at radius 3 is 2.61 bits per heavy atom. The fourth-order valence-electron chi connectivity index (χ4n) is 2.11. The smallest absolute Gasteiger partial charge is 0.349 e. The summed E-state index contributed by atoms with van der Waals surface area (Å²) >= 11 is 1.25. The number of aliphatic hydroxyl groups excluding tert-OH is 1. The molecule has 0 atom stereocenters. The standard InChI is InChI=1S/C16H20N2O4S/c1-4-22-13-7-5-12(6-8-13)17-16-18(9-10-19)11(2)14(23-16)15(20)21-3/h5-8,19H,4,9-10H2,1-3H3. The second-order valence-corrected chi connectivity index (χ2v) is 5.68. The van der Waals surface area contributed by atoms with Crippen LogP contribution in [0.1, 0.15) is 22.3 Å². The second kappa shape index (κ2) is 7.94. The maximum absolute atomic E-state index is 11.8. The normalized spacial score (nSPS) is 11.6. The number of nitrogens with zero attached hydrogens (tertiary/aromatic N) is 2. The Bertz CT molecular complexity index is 732. The predicted molar refractivity (Wildman–Crippen MR) is 88.3 cm³/mol. The van der Waals surface area contributed by atoms with Gasteiger partial charge in [-0.1, -0.05) is 11.3 Å². The van der Waals surface area contributed by atoms with Gasteiger partial charge in [0.1, 0.15) is 10.6 Å². The molecule has 0 bridgehead atoms. The molecule has 0 saturated heterocycles. The van der Waals surface area contributed by atoms with E-state index in [1.807, 2.05) is 42.7 Å². The number of esters is 1. The van der Waals surface area contributed by atoms with Gasteiger partial charge in [0.25, 0.3) is 0 Å². The molecule has 23 heavy (non-hydrogen) atoms. The van der Waals surface area contributed by atoms with Gasteiger partial charge in [-0.2, -0.15) is 0 Å². The highest BCUT2D eigenvalue weighted by Crippen LogP contribution is 2.19. The molecule has 0 fully saturated rings. The number of rotatable bonds is 6. The van der Waals surface area contributed by atoms with Crippen molar-refractivity contribution in [3.63, 3.8) is 0 Å². The number of aromatic nitrogens is 1. The van der Waals surface area contributed by atoms with Gasteiger partial charge in [0.15, 0.2) is 4.80 Å². The van der Waals surface area contributed by atoms with Crippen LogP contribution in [0.3, 0.4) is 0 Å². The SMILES string of the molecule is CCOc1ccc(N=c2sc(C(=O)OC)c(C)n2CCO)cc1. The number of ether oxygens (including phenoxy) is 2.